The Hall–Kier alpha value is -0.0700. The zero-order chi connectivity index (χ0) is 12.3. The Morgan fingerprint density at radius 1 is 1.38 bits per heavy atom. The number of hydrogen-bond acceptors (Lipinski definition) is 2. The number of halogens is 2. The first-order valence-corrected chi connectivity index (χ1v) is 7.28. The molecule has 1 atom stereocenters. The highest BCUT2D eigenvalue weighted by molar-refractivity contribution is 9.11. The number of aromatic nitrogens is 1. The lowest BCUT2D eigenvalue weighted by Gasteiger charge is -2.12. The summed E-state index contributed by atoms with van der Waals surface area (Å²) in [5.41, 5.74) is 0.659. The van der Waals surface area contributed by atoms with E-state index in [1.807, 2.05) is 32.9 Å². The molecule has 1 heterocycles. The number of nitrogens with zero attached hydrogens (tertiary/aromatic N) is 2. The molecule has 0 aliphatic rings. The Morgan fingerprint density at radius 3 is 2.56 bits per heavy atom. The molecule has 0 aromatic carbocycles. The van der Waals surface area contributed by atoms with Gasteiger partial charge < -0.3 is 0 Å². The maximum Gasteiger partial charge on any atom is 0.144 e. The van der Waals surface area contributed by atoms with Gasteiger partial charge in [-0.15, -0.1) is 0 Å². The molecule has 0 unspecified atom stereocenters. The summed E-state index contributed by atoms with van der Waals surface area (Å²) in [5.74, 6) is 0. The highest BCUT2D eigenvalue weighted by atomic mass is 79.9. The Balaban J connectivity index is 2.93. The summed E-state index contributed by atoms with van der Waals surface area (Å²) in [4.78, 5) is 4.21. The molecular formula is C10H12Br2N2OS. The van der Waals surface area contributed by atoms with Gasteiger partial charge in [0.15, 0.2) is 0 Å². The van der Waals surface area contributed by atoms with Gasteiger partial charge in [-0.25, -0.2) is 9.19 Å². The smallest absolute Gasteiger partial charge is 0.144 e. The van der Waals surface area contributed by atoms with Gasteiger partial charge in [-0.1, -0.05) is 0 Å². The minimum absolute atomic E-state index is 0.352. The van der Waals surface area contributed by atoms with E-state index in [0.717, 1.165) is 9.08 Å². The van der Waals surface area contributed by atoms with Crippen LogP contribution < -0.4 is 0 Å². The van der Waals surface area contributed by atoms with E-state index in [4.69, 9.17) is 0 Å². The maximum absolute atomic E-state index is 11.7. The van der Waals surface area contributed by atoms with Crippen molar-refractivity contribution in [2.24, 2.45) is 4.40 Å². The summed E-state index contributed by atoms with van der Waals surface area (Å²) < 4.78 is 16.9. The predicted molar refractivity (Wildman–Crippen MR) is 75.1 cm³/mol. The highest BCUT2D eigenvalue weighted by Crippen LogP contribution is 2.17. The van der Waals surface area contributed by atoms with Gasteiger partial charge in [0, 0.05) is 4.47 Å². The minimum Gasteiger partial charge on any atom is -0.239 e. The van der Waals surface area contributed by atoms with Crippen LogP contribution in [0.15, 0.2) is 25.6 Å². The topological polar surface area (TPSA) is 42.3 Å². The Kier molecular flexibility index (Phi) is 4.82. The molecule has 0 aliphatic heterocycles. The molecule has 0 aliphatic carbocycles. The summed E-state index contributed by atoms with van der Waals surface area (Å²) in [6.07, 6.45) is 1.52. The lowest BCUT2D eigenvalue weighted by molar-refractivity contribution is 0.651. The van der Waals surface area contributed by atoms with Crippen molar-refractivity contribution in [3.05, 3.63) is 26.9 Å². The van der Waals surface area contributed by atoms with Crippen molar-refractivity contribution in [1.82, 2.24) is 4.98 Å². The molecule has 6 heteroatoms. The summed E-state index contributed by atoms with van der Waals surface area (Å²) in [6, 6.07) is 3.68. The van der Waals surface area contributed by atoms with Crippen molar-refractivity contribution in [2.75, 3.05) is 0 Å². The van der Waals surface area contributed by atoms with Crippen LogP contribution in [0.2, 0.25) is 0 Å². The van der Waals surface area contributed by atoms with Crippen molar-refractivity contribution in [1.29, 1.82) is 0 Å². The van der Waals surface area contributed by atoms with Gasteiger partial charge >= 0.3 is 0 Å². The lowest BCUT2D eigenvalue weighted by Crippen LogP contribution is -2.19. The molecule has 88 valence electrons. The van der Waals surface area contributed by atoms with Crippen LogP contribution in [0, 0.1) is 0 Å². The average molecular weight is 368 g/mol. The van der Waals surface area contributed by atoms with E-state index in [9.17, 15) is 4.21 Å². The van der Waals surface area contributed by atoms with Gasteiger partial charge in [0.1, 0.15) is 15.6 Å². The molecule has 0 N–H and O–H groups in total. The van der Waals surface area contributed by atoms with Crippen LogP contribution in [0.5, 0.6) is 0 Å². The molecule has 1 rings (SSSR count). The van der Waals surface area contributed by atoms with E-state index >= 15 is 0 Å². The first-order chi connectivity index (χ1) is 7.30. The van der Waals surface area contributed by atoms with Gasteiger partial charge in [0.2, 0.25) is 0 Å². The van der Waals surface area contributed by atoms with E-state index in [0.29, 0.717) is 5.69 Å². The first kappa shape index (κ1) is 14.0. The Morgan fingerprint density at radius 2 is 2.00 bits per heavy atom. The molecule has 1 aromatic heterocycles. The Bertz CT molecular complexity index is 441. The third-order valence-corrected chi connectivity index (χ3v) is 4.09. The minimum atomic E-state index is -1.26. The van der Waals surface area contributed by atoms with Gasteiger partial charge in [-0.05, 0) is 64.8 Å². The first-order valence-electron chi connectivity index (χ1n) is 4.59. The zero-order valence-corrected chi connectivity index (χ0v) is 13.2. The monoisotopic (exact) mass is 366 g/mol. The van der Waals surface area contributed by atoms with E-state index in [1.54, 1.807) is 0 Å². The molecule has 0 bridgehead atoms. The van der Waals surface area contributed by atoms with Crippen LogP contribution in [0.4, 0.5) is 0 Å². The largest absolute Gasteiger partial charge is 0.239 e. The summed E-state index contributed by atoms with van der Waals surface area (Å²) >= 11 is 6.63. The molecule has 0 amide bonds. The zero-order valence-electron chi connectivity index (χ0n) is 9.20. The van der Waals surface area contributed by atoms with Gasteiger partial charge in [-0.3, -0.25) is 0 Å². The van der Waals surface area contributed by atoms with E-state index in [-0.39, 0.29) is 4.75 Å². The van der Waals surface area contributed by atoms with Crippen molar-refractivity contribution in [2.45, 2.75) is 25.5 Å². The molecule has 0 saturated heterocycles. The van der Waals surface area contributed by atoms with Crippen molar-refractivity contribution < 1.29 is 4.21 Å². The van der Waals surface area contributed by atoms with Gasteiger partial charge in [0.25, 0.3) is 0 Å². The van der Waals surface area contributed by atoms with Crippen LogP contribution in [0.3, 0.4) is 0 Å². The fourth-order valence-electron chi connectivity index (χ4n) is 0.779. The lowest BCUT2D eigenvalue weighted by atomic mass is 10.3. The van der Waals surface area contributed by atoms with E-state index < -0.39 is 11.0 Å². The average Bonchev–Trinajstić information content (AvgIpc) is 2.17. The van der Waals surface area contributed by atoms with Crippen LogP contribution in [0.1, 0.15) is 26.5 Å². The molecule has 16 heavy (non-hydrogen) atoms. The second-order valence-corrected chi connectivity index (χ2v) is 7.70. The third-order valence-electron chi connectivity index (χ3n) is 1.63. The molecular weight excluding hydrogens is 356 g/mol. The molecule has 0 radical (unpaired) electrons. The molecule has 0 spiro atoms. The maximum atomic E-state index is 11.7. The van der Waals surface area contributed by atoms with Gasteiger partial charge in [-0.2, -0.15) is 4.40 Å². The van der Waals surface area contributed by atoms with E-state index in [1.165, 1.54) is 6.21 Å². The van der Waals surface area contributed by atoms with Crippen molar-refractivity contribution in [3.8, 4) is 0 Å². The Labute approximate surface area is 115 Å². The van der Waals surface area contributed by atoms with Crippen molar-refractivity contribution in [3.63, 3.8) is 0 Å². The molecule has 0 fully saturated rings. The molecule has 3 nitrogen and oxygen atoms in total. The van der Waals surface area contributed by atoms with Crippen LogP contribution in [0.25, 0.3) is 0 Å². The predicted octanol–water partition coefficient (Wildman–Crippen LogP) is 3.49. The second-order valence-electron chi connectivity index (χ2n) is 4.10. The number of pyridine rings is 1. The van der Waals surface area contributed by atoms with E-state index in [2.05, 4.69) is 41.2 Å². The van der Waals surface area contributed by atoms with Crippen LogP contribution >= 0.6 is 31.9 Å². The third kappa shape index (κ3) is 4.07. The SMILES string of the molecule is CC(C)(C)[S@@](=O)N=Cc1nc(Br)ccc1Br. The number of hydrogen-bond donors (Lipinski definition) is 0. The summed E-state index contributed by atoms with van der Waals surface area (Å²) in [6.45, 7) is 5.64. The summed E-state index contributed by atoms with van der Waals surface area (Å²) in [5, 5.41) is 0. The van der Waals surface area contributed by atoms with Crippen LogP contribution in [-0.2, 0) is 11.0 Å². The molecule has 1 aromatic rings. The second kappa shape index (κ2) is 5.51. The van der Waals surface area contributed by atoms with Crippen LogP contribution in [-0.4, -0.2) is 20.2 Å². The normalized spacial score (nSPS) is 14.3. The fourth-order valence-corrected chi connectivity index (χ4v) is 1.94. The van der Waals surface area contributed by atoms with Crippen molar-refractivity contribution >= 4 is 49.1 Å². The van der Waals surface area contributed by atoms with Gasteiger partial charge in [0.05, 0.1) is 16.7 Å². The fraction of sp³-hybridized carbons (Fsp3) is 0.400. The molecule has 0 saturated carbocycles. The summed E-state index contributed by atoms with van der Waals surface area (Å²) in [7, 11) is -1.26. The highest BCUT2D eigenvalue weighted by Gasteiger charge is 2.18. The quantitative estimate of drug-likeness (QED) is 0.593. The standard InChI is InChI=1S/C10H12Br2N2OS/c1-10(2,3)16(15)13-6-8-7(11)4-5-9(12)14-8/h4-6H,1-3H3/t16-/m1/s1. The number of rotatable bonds is 2.